The topological polar surface area (TPSA) is 63.2 Å². The van der Waals surface area contributed by atoms with Gasteiger partial charge in [0.05, 0.1) is 6.04 Å². The van der Waals surface area contributed by atoms with E-state index in [0.717, 1.165) is 18.4 Å². The summed E-state index contributed by atoms with van der Waals surface area (Å²) < 4.78 is 0. The van der Waals surface area contributed by atoms with Crippen LogP contribution in [0.5, 0.6) is 0 Å². The van der Waals surface area contributed by atoms with Crippen molar-refractivity contribution in [2.24, 2.45) is 5.41 Å². The van der Waals surface area contributed by atoms with Crippen molar-refractivity contribution in [1.82, 2.24) is 5.32 Å². The highest BCUT2D eigenvalue weighted by molar-refractivity contribution is 6.43. The zero-order chi connectivity index (χ0) is 14.0. The predicted octanol–water partition coefficient (Wildman–Crippen LogP) is 1.13. The molecule has 1 aliphatic heterocycles. The molecule has 1 unspecified atom stereocenters. The molecule has 1 heterocycles. The van der Waals surface area contributed by atoms with Crippen LogP contribution in [-0.4, -0.2) is 23.5 Å². The molecule has 1 atom stereocenters. The molecule has 4 rings (SSSR count). The van der Waals surface area contributed by atoms with Gasteiger partial charge in [-0.25, -0.2) is 0 Å². The number of rotatable bonds is 4. The number of carbonyl (C=O) groups excluding carboxylic acids is 3. The van der Waals surface area contributed by atoms with E-state index in [1.807, 2.05) is 30.3 Å². The number of ketones is 2. The molecule has 0 bridgehead atoms. The molecule has 102 valence electrons. The second-order valence-corrected chi connectivity index (χ2v) is 6.24. The molecule has 1 N–H and O–H groups in total. The van der Waals surface area contributed by atoms with Gasteiger partial charge in [0.15, 0.2) is 0 Å². The van der Waals surface area contributed by atoms with Crippen LogP contribution in [0, 0.1) is 5.41 Å². The SMILES string of the molecule is O=C1CCC(C(=O)C(=O)C23CC2(c2ccccc2)C3)N1. The monoisotopic (exact) mass is 269 g/mol. The van der Waals surface area contributed by atoms with Crippen LogP contribution in [0.3, 0.4) is 0 Å². The summed E-state index contributed by atoms with van der Waals surface area (Å²) in [5.41, 5.74) is 0.638. The minimum atomic E-state index is -0.584. The minimum Gasteiger partial charge on any atom is -0.346 e. The Morgan fingerprint density at radius 1 is 1.15 bits per heavy atom. The average Bonchev–Trinajstić information content (AvgIpc) is 3.24. The van der Waals surface area contributed by atoms with E-state index >= 15 is 0 Å². The van der Waals surface area contributed by atoms with Gasteiger partial charge < -0.3 is 5.32 Å². The maximum Gasteiger partial charge on any atom is 0.221 e. The first-order valence-corrected chi connectivity index (χ1v) is 7.03. The van der Waals surface area contributed by atoms with Crippen molar-refractivity contribution in [3.63, 3.8) is 0 Å². The smallest absolute Gasteiger partial charge is 0.221 e. The zero-order valence-corrected chi connectivity index (χ0v) is 11.0. The van der Waals surface area contributed by atoms with E-state index in [1.54, 1.807) is 0 Å². The summed E-state index contributed by atoms with van der Waals surface area (Å²) in [6.45, 7) is 0. The molecule has 1 aromatic carbocycles. The summed E-state index contributed by atoms with van der Waals surface area (Å²) in [6, 6.07) is 9.37. The van der Waals surface area contributed by atoms with Crippen molar-refractivity contribution in [1.29, 1.82) is 0 Å². The molecule has 2 aliphatic carbocycles. The van der Waals surface area contributed by atoms with Crippen LogP contribution in [0.15, 0.2) is 30.3 Å². The van der Waals surface area contributed by atoms with Crippen LogP contribution in [-0.2, 0) is 19.8 Å². The Hall–Kier alpha value is -1.97. The fraction of sp³-hybridized carbons (Fsp3) is 0.438. The van der Waals surface area contributed by atoms with Gasteiger partial charge in [0.25, 0.3) is 0 Å². The third-order valence-electron chi connectivity index (χ3n) is 5.17. The van der Waals surface area contributed by atoms with E-state index in [-0.39, 0.29) is 17.1 Å². The molecule has 1 amide bonds. The van der Waals surface area contributed by atoms with Crippen LogP contribution < -0.4 is 5.32 Å². The second kappa shape index (κ2) is 3.57. The number of carbonyl (C=O) groups is 3. The molecule has 4 heteroatoms. The first-order valence-electron chi connectivity index (χ1n) is 7.03. The number of hydrogen-bond donors (Lipinski definition) is 1. The highest BCUT2D eigenvalue weighted by atomic mass is 16.2. The minimum absolute atomic E-state index is 0.0797. The van der Waals surface area contributed by atoms with E-state index in [1.165, 1.54) is 0 Å². The van der Waals surface area contributed by atoms with Crippen molar-refractivity contribution in [2.45, 2.75) is 37.1 Å². The standard InChI is InChI=1S/C16H15NO3/c18-12-7-6-11(17-12)13(19)14(20)16-8-15(16,9-16)10-4-2-1-3-5-10/h1-5,11H,6-9H2,(H,17,18). The van der Waals surface area contributed by atoms with E-state index in [9.17, 15) is 14.4 Å². The van der Waals surface area contributed by atoms with Crippen molar-refractivity contribution in [2.75, 3.05) is 0 Å². The van der Waals surface area contributed by atoms with Gasteiger partial charge in [-0.15, -0.1) is 0 Å². The van der Waals surface area contributed by atoms with Gasteiger partial charge >= 0.3 is 0 Å². The summed E-state index contributed by atoms with van der Waals surface area (Å²) in [7, 11) is 0. The van der Waals surface area contributed by atoms with Gasteiger partial charge in [-0.3, -0.25) is 14.4 Å². The zero-order valence-electron chi connectivity index (χ0n) is 11.0. The fourth-order valence-electron chi connectivity index (χ4n) is 3.71. The first kappa shape index (κ1) is 11.8. The predicted molar refractivity (Wildman–Crippen MR) is 71.0 cm³/mol. The van der Waals surface area contributed by atoms with Gasteiger partial charge in [-0.2, -0.15) is 0 Å². The molecule has 3 fully saturated rings. The molecule has 2 saturated carbocycles. The van der Waals surface area contributed by atoms with Gasteiger partial charge in [0.2, 0.25) is 17.5 Å². The summed E-state index contributed by atoms with van der Waals surface area (Å²) >= 11 is 0. The first-order chi connectivity index (χ1) is 9.59. The van der Waals surface area contributed by atoms with Crippen LogP contribution in [0.4, 0.5) is 0 Å². The van der Waals surface area contributed by atoms with Crippen LogP contribution in [0.2, 0.25) is 0 Å². The Morgan fingerprint density at radius 2 is 1.85 bits per heavy atom. The lowest BCUT2D eigenvalue weighted by atomic mass is 9.99. The van der Waals surface area contributed by atoms with Crippen molar-refractivity contribution < 1.29 is 14.4 Å². The largest absolute Gasteiger partial charge is 0.346 e. The molecule has 0 aromatic heterocycles. The second-order valence-electron chi connectivity index (χ2n) is 6.24. The Balaban J connectivity index is 1.53. The molecule has 1 saturated heterocycles. The third kappa shape index (κ3) is 1.34. The Kier molecular flexibility index (Phi) is 2.11. The summed E-state index contributed by atoms with van der Waals surface area (Å²) in [5.74, 6) is -0.797. The Labute approximate surface area is 116 Å². The normalized spacial score (nSPS) is 37.0. The van der Waals surface area contributed by atoms with Crippen LogP contribution >= 0.6 is 0 Å². The average molecular weight is 269 g/mol. The molecule has 3 aliphatic rings. The van der Waals surface area contributed by atoms with Crippen LogP contribution in [0.1, 0.15) is 31.2 Å². The summed E-state index contributed by atoms with van der Waals surface area (Å²) in [5, 5.41) is 2.60. The lowest BCUT2D eigenvalue weighted by Crippen LogP contribution is -2.39. The number of nitrogens with one attached hydrogen (secondary N) is 1. The highest BCUT2D eigenvalue weighted by Crippen LogP contribution is 2.86. The molecule has 0 spiro atoms. The molecule has 4 nitrogen and oxygen atoms in total. The maximum absolute atomic E-state index is 12.4. The highest BCUT2D eigenvalue weighted by Gasteiger charge is 2.87. The fourth-order valence-corrected chi connectivity index (χ4v) is 3.71. The van der Waals surface area contributed by atoms with Gasteiger partial charge in [0.1, 0.15) is 0 Å². The van der Waals surface area contributed by atoms with E-state index < -0.39 is 17.2 Å². The molecule has 20 heavy (non-hydrogen) atoms. The lowest BCUT2D eigenvalue weighted by Gasteiger charge is -2.08. The molecule has 1 aromatic rings. The molecular formula is C16H15NO3. The van der Waals surface area contributed by atoms with Gasteiger partial charge in [0, 0.05) is 17.3 Å². The Bertz CT molecular complexity index is 628. The molecule has 0 radical (unpaired) electrons. The van der Waals surface area contributed by atoms with Crippen molar-refractivity contribution in [3.05, 3.63) is 35.9 Å². The third-order valence-corrected chi connectivity index (χ3v) is 5.17. The van der Waals surface area contributed by atoms with E-state index in [2.05, 4.69) is 5.32 Å². The number of fused-ring (bicyclic) bond motifs is 1. The summed E-state index contributed by atoms with van der Waals surface area (Å²) in [4.78, 5) is 35.8. The van der Waals surface area contributed by atoms with E-state index in [4.69, 9.17) is 0 Å². The Morgan fingerprint density at radius 3 is 2.45 bits per heavy atom. The van der Waals surface area contributed by atoms with Crippen molar-refractivity contribution >= 4 is 17.5 Å². The number of amides is 1. The maximum atomic E-state index is 12.4. The lowest BCUT2D eigenvalue weighted by molar-refractivity contribution is -0.139. The van der Waals surface area contributed by atoms with Crippen LogP contribution in [0.25, 0.3) is 0 Å². The number of benzene rings is 1. The number of hydrogen-bond acceptors (Lipinski definition) is 3. The molecular weight excluding hydrogens is 254 g/mol. The van der Waals surface area contributed by atoms with Gasteiger partial charge in [-0.1, -0.05) is 30.3 Å². The van der Waals surface area contributed by atoms with E-state index in [0.29, 0.717) is 12.8 Å². The summed E-state index contributed by atoms with van der Waals surface area (Å²) in [6.07, 6.45) is 2.38. The quantitative estimate of drug-likeness (QED) is 0.834. The van der Waals surface area contributed by atoms with Gasteiger partial charge in [-0.05, 0) is 24.8 Å². The van der Waals surface area contributed by atoms with Crippen molar-refractivity contribution in [3.8, 4) is 0 Å². The number of Topliss-reactive ketones (excluding diaryl/α,β-unsaturated/α-hetero) is 2.